The van der Waals surface area contributed by atoms with E-state index in [2.05, 4.69) is 10.5 Å². The number of carbonyl (C=O) groups is 1. The first-order valence-corrected chi connectivity index (χ1v) is 8.85. The first-order valence-electron chi connectivity index (χ1n) is 8.85. The van der Waals surface area contributed by atoms with Crippen molar-refractivity contribution < 1.29 is 23.5 Å². The molecule has 3 rings (SSSR count). The van der Waals surface area contributed by atoms with Crippen molar-refractivity contribution in [2.24, 2.45) is 0 Å². The summed E-state index contributed by atoms with van der Waals surface area (Å²) in [5, 5.41) is 0. The lowest BCUT2D eigenvalue weighted by Crippen LogP contribution is -2.27. The molecule has 1 aromatic heterocycles. The monoisotopic (exact) mass is 382 g/mol. The molecule has 0 aliphatic carbocycles. The number of hydrogen-bond acceptors (Lipinski definition) is 6. The number of carbonyl (C=O) groups excluding carboxylic acids is 1. The van der Waals surface area contributed by atoms with Gasteiger partial charge in [0.1, 0.15) is 30.5 Å². The van der Waals surface area contributed by atoms with Gasteiger partial charge in [-0.1, -0.05) is 18.2 Å². The smallest absolute Gasteiger partial charge is 0.249 e. The molecule has 0 aliphatic heterocycles. The molecule has 0 aliphatic rings. The lowest BCUT2D eigenvalue weighted by molar-refractivity contribution is -0.133. The molecule has 0 saturated heterocycles. The van der Waals surface area contributed by atoms with Gasteiger partial charge in [0, 0.05) is 5.56 Å². The number of ether oxygens (including phenoxy) is 2. The van der Waals surface area contributed by atoms with Crippen molar-refractivity contribution in [2.45, 2.75) is 13.3 Å². The fourth-order valence-electron chi connectivity index (χ4n) is 2.49. The van der Waals surface area contributed by atoms with E-state index in [1.165, 1.54) is 0 Å². The summed E-state index contributed by atoms with van der Waals surface area (Å²) in [4.78, 5) is 21.6. The average molecular weight is 382 g/mol. The summed E-state index contributed by atoms with van der Waals surface area (Å²) in [7, 11) is 1.61. The van der Waals surface area contributed by atoms with E-state index in [0.29, 0.717) is 24.0 Å². The third-order valence-corrected chi connectivity index (χ3v) is 3.94. The van der Waals surface area contributed by atoms with E-state index in [1.54, 1.807) is 14.0 Å². The molecule has 28 heavy (non-hydrogen) atoms. The van der Waals surface area contributed by atoms with E-state index in [1.807, 2.05) is 54.6 Å². The lowest BCUT2D eigenvalue weighted by atomic mass is 10.2. The molecule has 7 nitrogen and oxygen atoms in total. The van der Waals surface area contributed by atoms with Crippen molar-refractivity contribution >= 4 is 5.91 Å². The Morgan fingerprint density at radius 2 is 1.79 bits per heavy atom. The minimum absolute atomic E-state index is 0.0605. The van der Waals surface area contributed by atoms with Crippen LogP contribution in [0.3, 0.4) is 0 Å². The molecule has 0 radical (unpaired) electrons. The van der Waals surface area contributed by atoms with Crippen molar-refractivity contribution in [3.63, 3.8) is 0 Å². The van der Waals surface area contributed by atoms with Gasteiger partial charge in [-0.25, -0.2) is 10.5 Å². The SMILES string of the molecule is COc1ccc(-c2nc(CC(=O)NOCCOc3ccccc3)c(C)o2)cc1. The molecule has 1 N–H and O–H groups in total. The molecule has 7 heteroatoms. The largest absolute Gasteiger partial charge is 0.497 e. The molecular formula is C21H22N2O5. The Morgan fingerprint density at radius 3 is 2.50 bits per heavy atom. The minimum Gasteiger partial charge on any atom is -0.497 e. The van der Waals surface area contributed by atoms with Crippen LogP contribution in [0.5, 0.6) is 11.5 Å². The number of oxazole rings is 1. The zero-order chi connectivity index (χ0) is 19.8. The predicted octanol–water partition coefficient (Wildman–Crippen LogP) is 3.33. The third-order valence-electron chi connectivity index (χ3n) is 3.94. The Bertz CT molecular complexity index is 891. The summed E-state index contributed by atoms with van der Waals surface area (Å²) in [6, 6.07) is 16.7. The molecule has 0 bridgehead atoms. The van der Waals surface area contributed by atoms with Gasteiger partial charge in [-0.2, -0.15) is 0 Å². The van der Waals surface area contributed by atoms with Crippen LogP contribution in [0.15, 0.2) is 59.0 Å². The van der Waals surface area contributed by atoms with Gasteiger partial charge >= 0.3 is 0 Å². The number of nitrogens with zero attached hydrogens (tertiary/aromatic N) is 1. The van der Waals surface area contributed by atoms with Crippen LogP contribution in [0.2, 0.25) is 0 Å². The van der Waals surface area contributed by atoms with Gasteiger partial charge in [0.05, 0.1) is 19.2 Å². The number of hydroxylamine groups is 1. The first kappa shape index (κ1) is 19.4. The minimum atomic E-state index is -0.308. The molecule has 1 amide bonds. The molecule has 3 aromatic rings. The van der Waals surface area contributed by atoms with Crippen molar-refractivity contribution in [3.8, 4) is 23.0 Å². The normalized spacial score (nSPS) is 10.5. The first-order chi connectivity index (χ1) is 13.7. The molecule has 0 unspecified atom stereocenters. The highest BCUT2D eigenvalue weighted by Gasteiger charge is 2.15. The van der Waals surface area contributed by atoms with E-state index < -0.39 is 0 Å². The van der Waals surface area contributed by atoms with Crippen LogP contribution in [0.4, 0.5) is 0 Å². The maximum absolute atomic E-state index is 12.1. The van der Waals surface area contributed by atoms with Crippen LogP contribution in [0, 0.1) is 6.92 Å². The third kappa shape index (κ3) is 5.34. The van der Waals surface area contributed by atoms with Crippen LogP contribution in [0.25, 0.3) is 11.5 Å². The van der Waals surface area contributed by atoms with E-state index in [0.717, 1.165) is 17.1 Å². The Morgan fingerprint density at radius 1 is 1.04 bits per heavy atom. The number of nitrogens with one attached hydrogen (secondary N) is 1. The molecule has 0 atom stereocenters. The maximum atomic E-state index is 12.1. The standard InChI is InChI=1S/C21H22N2O5/c1-15-19(22-21(28-15)16-8-10-17(25-2)11-9-16)14-20(24)23-27-13-12-26-18-6-4-3-5-7-18/h3-11H,12-14H2,1-2H3,(H,23,24). The zero-order valence-electron chi connectivity index (χ0n) is 15.8. The second-order valence-electron chi connectivity index (χ2n) is 5.96. The number of rotatable bonds is 9. The van der Waals surface area contributed by atoms with E-state index in [9.17, 15) is 4.79 Å². The van der Waals surface area contributed by atoms with Gasteiger partial charge < -0.3 is 13.9 Å². The highest BCUT2D eigenvalue weighted by atomic mass is 16.7. The fourth-order valence-corrected chi connectivity index (χ4v) is 2.49. The highest BCUT2D eigenvalue weighted by Crippen LogP contribution is 2.24. The number of benzene rings is 2. The number of para-hydroxylation sites is 1. The van der Waals surface area contributed by atoms with E-state index in [4.69, 9.17) is 18.7 Å². The Hall–Kier alpha value is -3.32. The van der Waals surface area contributed by atoms with Crippen molar-refractivity contribution in [1.29, 1.82) is 0 Å². The topological polar surface area (TPSA) is 82.8 Å². The van der Waals surface area contributed by atoms with E-state index >= 15 is 0 Å². The van der Waals surface area contributed by atoms with Gasteiger partial charge in [0.25, 0.3) is 0 Å². The number of amides is 1. The summed E-state index contributed by atoms with van der Waals surface area (Å²) < 4.78 is 16.3. The van der Waals surface area contributed by atoms with Crippen LogP contribution >= 0.6 is 0 Å². The number of hydrogen-bond donors (Lipinski definition) is 1. The van der Waals surface area contributed by atoms with E-state index in [-0.39, 0.29) is 18.9 Å². The van der Waals surface area contributed by atoms with Crippen LogP contribution in [-0.4, -0.2) is 31.2 Å². The number of methoxy groups -OCH3 is 1. The predicted molar refractivity (Wildman–Crippen MR) is 103 cm³/mol. The Labute approximate surface area is 163 Å². The summed E-state index contributed by atoms with van der Waals surface area (Å²) >= 11 is 0. The number of aromatic nitrogens is 1. The van der Waals surface area contributed by atoms with Gasteiger partial charge in [-0.05, 0) is 43.3 Å². The Balaban J connectivity index is 1.45. The van der Waals surface area contributed by atoms with Crippen LogP contribution in [-0.2, 0) is 16.1 Å². The summed E-state index contributed by atoms with van der Waals surface area (Å²) in [5.41, 5.74) is 3.76. The van der Waals surface area contributed by atoms with Crippen molar-refractivity contribution in [3.05, 3.63) is 66.1 Å². The second-order valence-corrected chi connectivity index (χ2v) is 5.96. The van der Waals surface area contributed by atoms with Crippen LogP contribution in [0.1, 0.15) is 11.5 Å². The number of aryl methyl sites for hydroxylation is 1. The van der Waals surface area contributed by atoms with Crippen molar-refractivity contribution in [2.75, 3.05) is 20.3 Å². The fraction of sp³-hybridized carbons (Fsp3) is 0.238. The molecule has 146 valence electrons. The summed E-state index contributed by atoms with van der Waals surface area (Å²) in [6.07, 6.45) is 0.0605. The molecule has 0 saturated carbocycles. The molecule has 0 fully saturated rings. The quantitative estimate of drug-likeness (QED) is 0.452. The summed E-state index contributed by atoms with van der Waals surface area (Å²) in [6.45, 7) is 2.33. The molecule has 1 heterocycles. The lowest BCUT2D eigenvalue weighted by Gasteiger charge is -2.07. The van der Waals surface area contributed by atoms with Crippen molar-refractivity contribution in [1.82, 2.24) is 10.5 Å². The highest BCUT2D eigenvalue weighted by molar-refractivity contribution is 5.77. The molecule has 0 spiro atoms. The van der Waals surface area contributed by atoms with Gasteiger partial charge in [-0.3, -0.25) is 9.63 Å². The van der Waals surface area contributed by atoms with Gasteiger partial charge in [0.15, 0.2) is 0 Å². The average Bonchev–Trinajstić information content (AvgIpc) is 3.09. The molecular weight excluding hydrogens is 360 g/mol. The van der Waals surface area contributed by atoms with Gasteiger partial charge in [-0.15, -0.1) is 0 Å². The second kappa shape index (κ2) is 9.57. The van der Waals surface area contributed by atoms with Gasteiger partial charge in [0.2, 0.25) is 11.8 Å². The maximum Gasteiger partial charge on any atom is 0.249 e. The van der Waals surface area contributed by atoms with Crippen LogP contribution < -0.4 is 15.0 Å². The Kier molecular flexibility index (Phi) is 6.64. The molecule has 2 aromatic carbocycles. The zero-order valence-corrected chi connectivity index (χ0v) is 15.8. The summed E-state index contributed by atoms with van der Waals surface area (Å²) in [5.74, 6) is 2.24.